The standard InChI is InChI=1S/C55H70N4O8S/c1-8-58(30-31-67-44-26-21-39(22-27-44)50(64)49-45-28-25-42(61)33-47(45)68-51(49)40-19-23-41(60)24-20-40)29-13-11-9-10-12-14-48(63)57-52(55(5,6)7)54(66)59-34-43(62)32-46(59)53(65)56-36(4)38-17-15-37(16-18-38)35(2)3/h15-28,33,35-36,43,46,52,60-62H,8-14,29-32,34H2,1-7H3,(H,56,65)(H,57,63). The summed E-state index contributed by atoms with van der Waals surface area (Å²) in [6, 6.07) is 25.1. The van der Waals surface area contributed by atoms with E-state index in [0.717, 1.165) is 71.4 Å². The molecule has 2 heterocycles. The van der Waals surface area contributed by atoms with Crippen molar-refractivity contribution in [2.45, 2.75) is 124 Å². The van der Waals surface area contributed by atoms with Crippen LogP contribution in [-0.2, 0) is 14.4 Å². The van der Waals surface area contributed by atoms with E-state index in [1.54, 1.807) is 54.6 Å². The molecule has 4 unspecified atom stereocenters. The zero-order valence-electron chi connectivity index (χ0n) is 40.7. The number of rotatable bonds is 22. The van der Waals surface area contributed by atoms with Crippen molar-refractivity contribution in [2.75, 3.05) is 32.8 Å². The molecule has 0 saturated carbocycles. The monoisotopic (exact) mass is 946 g/mol. The van der Waals surface area contributed by atoms with Crippen LogP contribution in [0.25, 0.3) is 20.5 Å². The van der Waals surface area contributed by atoms with Crippen LogP contribution in [-0.4, -0.2) is 99.6 Å². The number of thiophene rings is 1. The Kier molecular flexibility index (Phi) is 17.8. The molecule has 5 aromatic rings. The molecule has 5 N–H and O–H groups in total. The van der Waals surface area contributed by atoms with E-state index in [1.165, 1.54) is 21.8 Å². The van der Waals surface area contributed by atoms with Gasteiger partial charge in [-0.2, -0.15) is 0 Å². The van der Waals surface area contributed by atoms with Crippen molar-refractivity contribution in [1.29, 1.82) is 0 Å². The first kappa shape index (κ1) is 51.6. The number of phenols is 2. The summed E-state index contributed by atoms with van der Waals surface area (Å²) in [6.45, 7) is 17.1. The number of likely N-dealkylation sites (N-methyl/N-ethyl adjacent to an activating group) is 1. The molecule has 0 aliphatic carbocycles. The third-order valence-corrected chi connectivity index (χ3v) is 14.1. The van der Waals surface area contributed by atoms with Gasteiger partial charge in [-0.1, -0.05) is 85.1 Å². The predicted molar refractivity (Wildman–Crippen MR) is 270 cm³/mol. The van der Waals surface area contributed by atoms with Crippen LogP contribution in [0.5, 0.6) is 17.2 Å². The maximum absolute atomic E-state index is 14.1. The van der Waals surface area contributed by atoms with Crippen LogP contribution in [0.15, 0.2) is 91.0 Å². The number of carbonyl (C=O) groups is 4. The number of fused-ring (bicyclic) bond motifs is 1. The average Bonchev–Trinajstić information content (AvgIpc) is 3.90. The number of β-amino-alcohol motifs (C(OH)–C–C–N with tert-alkyl or cyclic N) is 1. The van der Waals surface area contributed by atoms with Crippen LogP contribution < -0.4 is 15.4 Å². The Morgan fingerprint density at radius 2 is 1.46 bits per heavy atom. The maximum Gasteiger partial charge on any atom is 0.246 e. The zero-order valence-corrected chi connectivity index (χ0v) is 41.5. The number of phenolic OH excluding ortho intramolecular Hbond substituents is 2. The predicted octanol–water partition coefficient (Wildman–Crippen LogP) is 9.75. The molecule has 0 bridgehead atoms. The number of ketones is 1. The van der Waals surface area contributed by atoms with Crippen molar-refractivity contribution in [3.63, 3.8) is 0 Å². The summed E-state index contributed by atoms with van der Waals surface area (Å²) in [4.78, 5) is 59.4. The van der Waals surface area contributed by atoms with Gasteiger partial charge in [0.05, 0.1) is 12.1 Å². The number of aliphatic hydroxyl groups is 1. The first-order chi connectivity index (χ1) is 32.4. The fourth-order valence-electron chi connectivity index (χ4n) is 8.76. The number of nitrogens with zero attached hydrogens (tertiary/aromatic N) is 2. The summed E-state index contributed by atoms with van der Waals surface area (Å²) < 4.78 is 6.89. The largest absolute Gasteiger partial charge is 0.508 e. The van der Waals surface area contributed by atoms with E-state index in [-0.39, 0.29) is 54.0 Å². The molecule has 68 heavy (non-hydrogen) atoms. The summed E-state index contributed by atoms with van der Waals surface area (Å²) in [5.74, 6) is 0.327. The molecular formula is C55H70N4O8S. The SMILES string of the molecule is CCN(CCCCCCCC(=O)NC(C(=O)N1CC(O)CC1C(=O)NC(C)c1ccc(C(C)C)cc1)C(C)(C)C)CCOc1ccc(C(=O)c2c(-c3ccc(O)cc3)sc3cc(O)ccc23)cc1. The van der Waals surface area contributed by atoms with Gasteiger partial charge in [0.1, 0.15) is 35.9 Å². The lowest BCUT2D eigenvalue weighted by Crippen LogP contribution is -2.57. The number of aliphatic hydroxyl groups excluding tert-OH is 1. The second-order valence-electron chi connectivity index (χ2n) is 19.5. The van der Waals surface area contributed by atoms with Gasteiger partial charge in [-0.15, -0.1) is 11.3 Å². The van der Waals surface area contributed by atoms with Crippen LogP contribution in [0.1, 0.15) is 132 Å². The number of benzene rings is 4. The molecule has 13 heteroatoms. The number of amides is 3. The second-order valence-corrected chi connectivity index (χ2v) is 20.6. The van der Waals surface area contributed by atoms with Gasteiger partial charge in [0.2, 0.25) is 17.7 Å². The molecule has 4 aromatic carbocycles. The molecule has 364 valence electrons. The third-order valence-electron chi connectivity index (χ3n) is 12.9. The van der Waals surface area contributed by atoms with E-state index >= 15 is 0 Å². The Morgan fingerprint density at radius 1 is 0.809 bits per heavy atom. The van der Waals surface area contributed by atoms with Crippen molar-refractivity contribution >= 4 is 44.9 Å². The molecule has 12 nitrogen and oxygen atoms in total. The lowest BCUT2D eigenvalue weighted by molar-refractivity contribution is -0.144. The summed E-state index contributed by atoms with van der Waals surface area (Å²) in [6.07, 6.45) is 4.21. The lowest BCUT2D eigenvalue weighted by atomic mass is 9.85. The Balaban J connectivity index is 0.903. The third kappa shape index (κ3) is 13.5. The highest BCUT2D eigenvalue weighted by Gasteiger charge is 2.44. The number of ether oxygens (including phenoxy) is 1. The number of aromatic hydroxyl groups is 2. The van der Waals surface area contributed by atoms with Crippen molar-refractivity contribution in [3.05, 3.63) is 113 Å². The molecule has 1 fully saturated rings. The van der Waals surface area contributed by atoms with Gasteiger partial charge in [0.15, 0.2) is 5.78 Å². The number of hydrogen-bond donors (Lipinski definition) is 5. The van der Waals surface area contributed by atoms with Gasteiger partial charge in [0.25, 0.3) is 0 Å². The smallest absolute Gasteiger partial charge is 0.246 e. The Morgan fingerprint density at radius 3 is 2.12 bits per heavy atom. The minimum Gasteiger partial charge on any atom is -0.508 e. The minimum atomic E-state index is -0.856. The van der Waals surface area contributed by atoms with Crippen LogP contribution in [0.3, 0.4) is 0 Å². The number of likely N-dealkylation sites (tertiary alicyclic amines) is 1. The average molecular weight is 947 g/mol. The van der Waals surface area contributed by atoms with E-state index < -0.39 is 23.6 Å². The second kappa shape index (κ2) is 23.5. The van der Waals surface area contributed by atoms with Gasteiger partial charge in [-0.05, 0) is 128 Å². The highest BCUT2D eigenvalue weighted by Crippen LogP contribution is 2.41. The van der Waals surface area contributed by atoms with Gasteiger partial charge >= 0.3 is 0 Å². The van der Waals surface area contributed by atoms with Gasteiger partial charge < -0.3 is 40.5 Å². The molecule has 1 saturated heterocycles. The molecular weight excluding hydrogens is 877 g/mol. The minimum absolute atomic E-state index is 0.0332. The molecule has 1 aromatic heterocycles. The fourth-order valence-corrected chi connectivity index (χ4v) is 10.00. The number of unbranched alkanes of at least 4 members (excludes halogenated alkanes) is 4. The molecule has 3 amide bonds. The van der Waals surface area contributed by atoms with Gasteiger partial charge in [-0.3, -0.25) is 19.2 Å². The Bertz CT molecular complexity index is 2480. The Labute approximate surface area is 405 Å². The van der Waals surface area contributed by atoms with Crippen molar-refractivity contribution < 1.29 is 39.2 Å². The first-order valence-electron chi connectivity index (χ1n) is 24.2. The summed E-state index contributed by atoms with van der Waals surface area (Å²) in [5.41, 5.74) is 3.43. The lowest BCUT2D eigenvalue weighted by Gasteiger charge is -2.35. The fraction of sp³-hybridized carbons (Fsp3) is 0.455. The van der Waals surface area contributed by atoms with Gasteiger partial charge in [-0.25, -0.2) is 0 Å². The molecule has 6 rings (SSSR count). The van der Waals surface area contributed by atoms with Crippen LogP contribution in [0, 0.1) is 5.41 Å². The van der Waals surface area contributed by atoms with E-state index in [4.69, 9.17) is 4.74 Å². The molecule has 1 aliphatic heterocycles. The molecule has 0 radical (unpaired) electrons. The number of nitrogens with one attached hydrogen (secondary N) is 2. The highest BCUT2D eigenvalue weighted by atomic mass is 32.1. The Hall–Kier alpha value is -5.76. The summed E-state index contributed by atoms with van der Waals surface area (Å²) >= 11 is 1.43. The summed E-state index contributed by atoms with van der Waals surface area (Å²) in [5, 5.41) is 37.4. The van der Waals surface area contributed by atoms with E-state index in [0.29, 0.717) is 42.2 Å². The van der Waals surface area contributed by atoms with Crippen molar-refractivity contribution in [1.82, 2.24) is 20.4 Å². The molecule has 0 spiro atoms. The summed E-state index contributed by atoms with van der Waals surface area (Å²) in [7, 11) is 0. The van der Waals surface area contributed by atoms with Crippen LogP contribution in [0.4, 0.5) is 0 Å². The van der Waals surface area contributed by atoms with E-state index in [9.17, 15) is 34.5 Å². The maximum atomic E-state index is 14.1. The molecule has 4 atom stereocenters. The van der Waals surface area contributed by atoms with E-state index in [1.807, 2.05) is 52.0 Å². The molecule has 1 aliphatic rings. The zero-order chi connectivity index (χ0) is 49.1. The van der Waals surface area contributed by atoms with Crippen molar-refractivity contribution in [2.24, 2.45) is 5.41 Å². The van der Waals surface area contributed by atoms with Crippen LogP contribution in [0.2, 0.25) is 0 Å². The highest BCUT2D eigenvalue weighted by molar-refractivity contribution is 7.22. The normalized spacial score (nSPS) is 16.0. The van der Waals surface area contributed by atoms with Crippen molar-refractivity contribution in [3.8, 4) is 27.7 Å². The van der Waals surface area contributed by atoms with Crippen LogP contribution >= 0.6 is 11.3 Å². The number of hydrogen-bond acceptors (Lipinski definition) is 10. The topological polar surface area (TPSA) is 169 Å². The number of carbonyl (C=O) groups excluding carboxylic acids is 4. The first-order valence-corrected chi connectivity index (χ1v) is 25.0. The van der Waals surface area contributed by atoms with E-state index in [2.05, 4.69) is 48.4 Å². The van der Waals surface area contributed by atoms with Gasteiger partial charge in [0, 0.05) is 52.0 Å². The quantitative estimate of drug-likeness (QED) is 0.0335.